The minimum absolute atomic E-state index is 0.121. The van der Waals surface area contributed by atoms with Crippen LogP contribution in [-0.2, 0) is 11.8 Å². The van der Waals surface area contributed by atoms with E-state index in [2.05, 4.69) is 15.4 Å². The van der Waals surface area contributed by atoms with E-state index in [4.69, 9.17) is 11.6 Å². The van der Waals surface area contributed by atoms with Gasteiger partial charge >= 0.3 is 6.03 Å². The van der Waals surface area contributed by atoms with Crippen LogP contribution in [0.4, 0.5) is 16.2 Å². The summed E-state index contributed by atoms with van der Waals surface area (Å²) >= 11 is 6.17. The molecule has 4 rings (SSSR count). The van der Waals surface area contributed by atoms with Crippen molar-refractivity contribution >= 4 is 40.7 Å². The lowest BCUT2D eigenvalue weighted by Gasteiger charge is -2.39. The predicted octanol–water partition coefficient (Wildman–Crippen LogP) is 2.72. The van der Waals surface area contributed by atoms with Crippen molar-refractivity contribution in [3.8, 4) is 0 Å². The van der Waals surface area contributed by atoms with Gasteiger partial charge in [-0.3, -0.25) is 24.3 Å². The Kier molecular flexibility index (Phi) is 4.58. The van der Waals surface area contributed by atoms with Crippen molar-refractivity contribution in [1.29, 1.82) is 0 Å². The lowest BCUT2D eigenvalue weighted by molar-refractivity contribution is -0.114. The van der Waals surface area contributed by atoms with E-state index in [0.29, 0.717) is 35.3 Å². The van der Waals surface area contributed by atoms with Gasteiger partial charge in [0.2, 0.25) is 5.91 Å². The lowest BCUT2D eigenvalue weighted by Crippen LogP contribution is -2.54. The second-order valence-corrected chi connectivity index (χ2v) is 7.39. The minimum Gasteiger partial charge on any atom is -0.321 e. The highest BCUT2D eigenvalue weighted by Gasteiger charge is 2.37. The molecule has 0 unspecified atom stereocenters. The zero-order valence-electron chi connectivity index (χ0n) is 16.0. The summed E-state index contributed by atoms with van der Waals surface area (Å²) in [6, 6.07) is 5.06. The Morgan fingerprint density at radius 2 is 2.11 bits per heavy atom. The minimum atomic E-state index is -0.295. The third-order valence-corrected chi connectivity index (χ3v) is 5.32. The van der Waals surface area contributed by atoms with Gasteiger partial charge in [-0.1, -0.05) is 11.6 Å². The van der Waals surface area contributed by atoms with E-state index < -0.39 is 0 Å². The molecule has 9 heteroatoms. The van der Waals surface area contributed by atoms with Gasteiger partial charge in [0.15, 0.2) is 0 Å². The number of aromatic nitrogens is 2. The van der Waals surface area contributed by atoms with E-state index in [-0.39, 0.29) is 18.5 Å². The summed E-state index contributed by atoms with van der Waals surface area (Å²) in [5.74, 6) is 0.356. The molecule has 0 fully saturated rings. The van der Waals surface area contributed by atoms with Crippen molar-refractivity contribution in [1.82, 2.24) is 14.7 Å². The highest BCUT2D eigenvalue weighted by molar-refractivity contribution is 6.31. The van der Waals surface area contributed by atoms with E-state index in [9.17, 15) is 9.59 Å². The molecular weight excluding hydrogens is 380 g/mol. The first-order valence-electron chi connectivity index (χ1n) is 9.10. The smallest absolute Gasteiger partial charge is 0.321 e. The quantitative estimate of drug-likeness (QED) is 0.859. The van der Waals surface area contributed by atoms with Crippen LogP contribution >= 0.6 is 11.6 Å². The molecule has 2 aliphatic heterocycles. The molecule has 0 bridgehead atoms. The van der Waals surface area contributed by atoms with Gasteiger partial charge < -0.3 is 5.32 Å². The Morgan fingerprint density at radius 3 is 2.82 bits per heavy atom. The van der Waals surface area contributed by atoms with Crippen LogP contribution < -0.4 is 10.2 Å². The number of carbonyl (C=O) groups excluding carboxylic acids is 2. The maximum absolute atomic E-state index is 13.1. The highest BCUT2D eigenvalue weighted by Crippen LogP contribution is 2.33. The molecule has 0 spiro atoms. The van der Waals surface area contributed by atoms with Crippen LogP contribution in [0, 0.1) is 13.8 Å². The van der Waals surface area contributed by atoms with Crippen molar-refractivity contribution in [2.75, 3.05) is 29.9 Å². The molecule has 1 N–H and O–H groups in total. The second-order valence-electron chi connectivity index (χ2n) is 6.96. The Morgan fingerprint density at radius 1 is 1.32 bits per heavy atom. The van der Waals surface area contributed by atoms with E-state index in [0.717, 1.165) is 23.4 Å². The summed E-state index contributed by atoms with van der Waals surface area (Å²) < 4.78 is 1.71. The fourth-order valence-corrected chi connectivity index (χ4v) is 3.78. The van der Waals surface area contributed by atoms with Crippen molar-refractivity contribution in [3.05, 3.63) is 40.2 Å². The molecule has 0 saturated carbocycles. The number of anilines is 2. The van der Waals surface area contributed by atoms with Gasteiger partial charge in [0.25, 0.3) is 0 Å². The van der Waals surface area contributed by atoms with Gasteiger partial charge in [-0.15, -0.1) is 0 Å². The number of hydrogen-bond acceptors (Lipinski definition) is 4. The van der Waals surface area contributed by atoms with Crippen molar-refractivity contribution in [2.45, 2.75) is 20.3 Å². The lowest BCUT2D eigenvalue weighted by atomic mass is 10.1. The molecule has 1 aromatic carbocycles. The third-order valence-electron chi connectivity index (χ3n) is 5.09. The van der Waals surface area contributed by atoms with Crippen LogP contribution in [0.3, 0.4) is 0 Å². The molecule has 28 heavy (non-hydrogen) atoms. The molecule has 2 aromatic rings. The molecule has 146 valence electrons. The van der Waals surface area contributed by atoms with Gasteiger partial charge in [-0.25, -0.2) is 4.79 Å². The average Bonchev–Trinajstić information content (AvgIpc) is 2.91. The number of amides is 3. The van der Waals surface area contributed by atoms with Crippen molar-refractivity contribution in [2.24, 2.45) is 12.0 Å². The summed E-state index contributed by atoms with van der Waals surface area (Å²) in [6.07, 6.45) is 0.798. The van der Waals surface area contributed by atoms with Gasteiger partial charge in [-0.05, 0) is 38.5 Å². The van der Waals surface area contributed by atoms with Gasteiger partial charge in [0.05, 0.1) is 22.8 Å². The molecule has 0 atom stereocenters. The van der Waals surface area contributed by atoms with E-state index in [1.54, 1.807) is 21.7 Å². The predicted molar refractivity (Wildman–Crippen MR) is 108 cm³/mol. The largest absolute Gasteiger partial charge is 0.330 e. The number of urea groups is 1. The Bertz CT molecular complexity index is 1010. The van der Waals surface area contributed by atoms with Crippen molar-refractivity contribution < 1.29 is 9.59 Å². The molecule has 0 radical (unpaired) electrons. The van der Waals surface area contributed by atoms with Crippen LogP contribution in [0.1, 0.15) is 23.4 Å². The standard InChI is InChI=1S/C19H21ClN6O2/c1-11-17(12(2)24(3)23-11)22-16(27)10-26-15-9-13(20)5-6-14(15)18-21-7-4-8-25(18)19(26)28/h5-6,9H,4,7-8,10H2,1-3H3,(H,22,27). The summed E-state index contributed by atoms with van der Waals surface area (Å²) in [5, 5.41) is 7.69. The fourth-order valence-electron chi connectivity index (χ4n) is 3.62. The molecule has 0 saturated heterocycles. The number of amidine groups is 1. The first-order valence-corrected chi connectivity index (χ1v) is 9.48. The van der Waals surface area contributed by atoms with Crippen LogP contribution in [0.15, 0.2) is 23.2 Å². The van der Waals surface area contributed by atoms with Crippen LogP contribution in [0.5, 0.6) is 0 Å². The SMILES string of the molecule is Cc1nn(C)c(C)c1NC(=O)CN1C(=O)N2CCCN=C2c2ccc(Cl)cc21. The monoisotopic (exact) mass is 400 g/mol. The van der Waals surface area contributed by atoms with E-state index >= 15 is 0 Å². The number of rotatable bonds is 3. The number of benzene rings is 1. The van der Waals surface area contributed by atoms with Gasteiger partial charge in [0.1, 0.15) is 12.4 Å². The molecular formula is C19H21ClN6O2. The second kappa shape index (κ2) is 6.94. The van der Waals surface area contributed by atoms with Gasteiger partial charge in [-0.2, -0.15) is 5.10 Å². The first-order chi connectivity index (χ1) is 13.4. The summed E-state index contributed by atoms with van der Waals surface area (Å²) in [7, 11) is 1.82. The number of hydrogen-bond donors (Lipinski definition) is 1. The molecule has 0 aliphatic carbocycles. The Labute approximate surface area is 167 Å². The highest BCUT2D eigenvalue weighted by atomic mass is 35.5. The zero-order valence-corrected chi connectivity index (χ0v) is 16.7. The summed E-state index contributed by atoms with van der Waals surface area (Å²) in [6.45, 7) is 4.86. The number of carbonyl (C=O) groups is 2. The zero-order chi connectivity index (χ0) is 20.0. The number of aliphatic imine (C=N–C) groups is 1. The molecule has 1 aromatic heterocycles. The normalized spacial score (nSPS) is 15.9. The maximum Gasteiger partial charge on any atom is 0.330 e. The first kappa shape index (κ1) is 18.5. The Balaban J connectivity index is 1.66. The van der Waals surface area contributed by atoms with Crippen LogP contribution in [-0.4, -0.2) is 52.1 Å². The molecule has 3 amide bonds. The number of aryl methyl sites for hydroxylation is 2. The maximum atomic E-state index is 13.1. The van der Waals surface area contributed by atoms with Crippen LogP contribution in [0.2, 0.25) is 5.02 Å². The average molecular weight is 401 g/mol. The van der Waals surface area contributed by atoms with E-state index in [1.807, 2.05) is 27.0 Å². The molecule has 2 aliphatic rings. The topological polar surface area (TPSA) is 82.8 Å². The number of halogens is 1. The third kappa shape index (κ3) is 3.03. The Hall–Kier alpha value is -2.87. The van der Waals surface area contributed by atoms with Crippen molar-refractivity contribution in [3.63, 3.8) is 0 Å². The number of nitrogens with one attached hydrogen (secondary N) is 1. The molecule has 3 heterocycles. The number of fused-ring (bicyclic) bond motifs is 3. The number of nitrogens with zero attached hydrogens (tertiary/aromatic N) is 5. The molecule has 8 nitrogen and oxygen atoms in total. The summed E-state index contributed by atoms with van der Waals surface area (Å²) in [5.41, 5.74) is 3.66. The fraction of sp³-hybridized carbons (Fsp3) is 0.368. The van der Waals surface area contributed by atoms with E-state index in [1.165, 1.54) is 4.90 Å². The summed E-state index contributed by atoms with van der Waals surface area (Å²) in [4.78, 5) is 33.5. The van der Waals surface area contributed by atoms with Crippen LogP contribution in [0.25, 0.3) is 0 Å². The van der Waals surface area contributed by atoms with Gasteiger partial charge in [0, 0.05) is 30.7 Å².